The van der Waals surface area contributed by atoms with Gasteiger partial charge in [0.15, 0.2) is 0 Å². The molecule has 1 aliphatic carbocycles. The Labute approximate surface area is 80.3 Å². The van der Waals surface area contributed by atoms with Crippen LogP contribution < -0.4 is 10.6 Å². The average molecular weight is 184 g/mol. The van der Waals surface area contributed by atoms with E-state index in [-0.39, 0.29) is 11.4 Å². The van der Waals surface area contributed by atoms with Crippen molar-refractivity contribution >= 4 is 5.91 Å². The lowest BCUT2D eigenvalue weighted by Gasteiger charge is -2.46. The van der Waals surface area contributed by atoms with Crippen molar-refractivity contribution in [1.29, 1.82) is 0 Å². The molecule has 0 bridgehead atoms. The molecule has 76 valence electrons. The first kappa shape index (κ1) is 10.5. The molecule has 0 heterocycles. The van der Waals surface area contributed by atoms with Crippen LogP contribution in [0.3, 0.4) is 0 Å². The molecule has 3 nitrogen and oxygen atoms in total. The van der Waals surface area contributed by atoms with Gasteiger partial charge in [-0.3, -0.25) is 4.79 Å². The third kappa shape index (κ3) is 2.99. The summed E-state index contributed by atoms with van der Waals surface area (Å²) in [5.41, 5.74) is 0.0401. The number of rotatable bonds is 3. The van der Waals surface area contributed by atoms with Crippen molar-refractivity contribution in [2.24, 2.45) is 0 Å². The summed E-state index contributed by atoms with van der Waals surface area (Å²) in [5.74, 6) is 0.0745. The van der Waals surface area contributed by atoms with Gasteiger partial charge in [-0.15, -0.1) is 0 Å². The van der Waals surface area contributed by atoms with Crippen LogP contribution in [0.15, 0.2) is 0 Å². The summed E-state index contributed by atoms with van der Waals surface area (Å²) in [6, 6.07) is 1.11. The molecule has 13 heavy (non-hydrogen) atoms. The van der Waals surface area contributed by atoms with E-state index in [1.807, 2.05) is 0 Å². The molecule has 2 N–H and O–H groups in total. The lowest BCUT2D eigenvalue weighted by atomic mass is 9.74. The van der Waals surface area contributed by atoms with Gasteiger partial charge >= 0.3 is 0 Å². The van der Waals surface area contributed by atoms with E-state index in [1.165, 1.54) is 0 Å². The van der Waals surface area contributed by atoms with Gasteiger partial charge in [0.05, 0.1) is 0 Å². The van der Waals surface area contributed by atoms with Crippen molar-refractivity contribution in [3.05, 3.63) is 0 Å². The van der Waals surface area contributed by atoms with Crippen molar-refractivity contribution in [2.45, 2.75) is 58.2 Å². The number of carbonyl (C=O) groups excluding carboxylic acids is 1. The van der Waals surface area contributed by atoms with Gasteiger partial charge in [-0.1, -0.05) is 13.8 Å². The van der Waals surface area contributed by atoms with Gasteiger partial charge in [-0.2, -0.15) is 0 Å². The smallest absolute Gasteiger partial charge is 0.217 e. The zero-order valence-electron chi connectivity index (χ0n) is 8.98. The first-order valence-electron chi connectivity index (χ1n) is 4.96. The van der Waals surface area contributed by atoms with Crippen LogP contribution in [-0.2, 0) is 4.79 Å². The highest BCUT2D eigenvalue weighted by atomic mass is 16.1. The lowest BCUT2D eigenvalue weighted by Crippen LogP contribution is -2.61. The average Bonchev–Trinajstić information content (AvgIpc) is 1.79. The number of amides is 1. The van der Waals surface area contributed by atoms with Crippen LogP contribution in [0.2, 0.25) is 0 Å². The monoisotopic (exact) mass is 184 g/mol. The second kappa shape index (κ2) is 3.66. The second-order valence-corrected chi connectivity index (χ2v) is 4.67. The zero-order chi connectivity index (χ0) is 10.1. The summed E-state index contributed by atoms with van der Waals surface area (Å²) in [4.78, 5) is 10.8. The SMILES string of the molecule is CC(=O)NC1(C)CC(NC(C)C)C1. The van der Waals surface area contributed by atoms with E-state index in [1.54, 1.807) is 6.92 Å². The number of nitrogens with one attached hydrogen (secondary N) is 2. The van der Waals surface area contributed by atoms with Crippen molar-refractivity contribution in [3.63, 3.8) is 0 Å². The summed E-state index contributed by atoms with van der Waals surface area (Å²) in [5, 5.41) is 6.44. The van der Waals surface area contributed by atoms with E-state index in [2.05, 4.69) is 31.4 Å². The van der Waals surface area contributed by atoms with Crippen LogP contribution in [0.1, 0.15) is 40.5 Å². The van der Waals surface area contributed by atoms with Crippen LogP contribution >= 0.6 is 0 Å². The molecular weight excluding hydrogens is 164 g/mol. The van der Waals surface area contributed by atoms with Gasteiger partial charge in [0.2, 0.25) is 5.91 Å². The first-order chi connectivity index (χ1) is 5.91. The highest BCUT2D eigenvalue weighted by molar-refractivity contribution is 5.74. The van der Waals surface area contributed by atoms with Gasteiger partial charge in [0.1, 0.15) is 0 Å². The van der Waals surface area contributed by atoms with Crippen LogP contribution in [-0.4, -0.2) is 23.5 Å². The minimum atomic E-state index is 0.0401. The summed E-state index contributed by atoms with van der Waals surface area (Å²) in [6.07, 6.45) is 2.09. The third-order valence-corrected chi connectivity index (χ3v) is 2.44. The normalized spacial score (nSPS) is 32.8. The largest absolute Gasteiger partial charge is 0.351 e. The number of hydrogen-bond acceptors (Lipinski definition) is 2. The molecule has 1 amide bonds. The van der Waals surface area contributed by atoms with E-state index in [0.717, 1.165) is 12.8 Å². The molecule has 0 radical (unpaired) electrons. The Morgan fingerprint density at radius 2 is 2.00 bits per heavy atom. The standard InChI is InChI=1S/C10H20N2O/c1-7(2)11-9-5-10(4,6-9)12-8(3)13/h7,9,11H,5-6H2,1-4H3,(H,12,13). The van der Waals surface area contributed by atoms with Gasteiger partial charge in [0.25, 0.3) is 0 Å². The maximum Gasteiger partial charge on any atom is 0.217 e. The molecule has 0 unspecified atom stereocenters. The molecule has 1 fully saturated rings. The Morgan fingerprint density at radius 3 is 2.38 bits per heavy atom. The zero-order valence-corrected chi connectivity index (χ0v) is 8.98. The van der Waals surface area contributed by atoms with E-state index in [9.17, 15) is 4.79 Å². The van der Waals surface area contributed by atoms with Gasteiger partial charge < -0.3 is 10.6 Å². The summed E-state index contributed by atoms with van der Waals surface area (Å²) in [7, 11) is 0. The van der Waals surface area contributed by atoms with Crippen molar-refractivity contribution in [3.8, 4) is 0 Å². The molecule has 0 atom stereocenters. The fourth-order valence-corrected chi connectivity index (χ4v) is 2.14. The maximum atomic E-state index is 10.8. The Balaban J connectivity index is 2.26. The van der Waals surface area contributed by atoms with E-state index >= 15 is 0 Å². The molecule has 1 saturated carbocycles. The minimum Gasteiger partial charge on any atom is -0.351 e. The Morgan fingerprint density at radius 1 is 1.46 bits per heavy atom. The second-order valence-electron chi connectivity index (χ2n) is 4.67. The topological polar surface area (TPSA) is 41.1 Å². The third-order valence-electron chi connectivity index (χ3n) is 2.44. The molecule has 0 spiro atoms. The molecule has 1 aliphatic rings. The first-order valence-corrected chi connectivity index (χ1v) is 4.96. The highest BCUT2D eigenvalue weighted by Gasteiger charge is 2.40. The Bertz CT molecular complexity index is 195. The van der Waals surface area contributed by atoms with Gasteiger partial charge in [-0.05, 0) is 19.8 Å². The van der Waals surface area contributed by atoms with E-state index in [0.29, 0.717) is 12.1 Å². The quantitative estimate of drug-likeness (QED) is 0.688. The fourth-order valence-electron chi connectivity index (χ4n) is 2.14. The number of hydrogen-bond donors (Lipinski definition) is 2. The van der Waals surface area contributed by atoms with Crippen LogP contribution in [0.4, 0.5) is 0 Å². The molecule has 3 heteroatoms. The summed E-state index contributed by atoms with van der Waals surface area (Å²) in [6.45, 7) is 7.98. The molecule has 0 saturated heterocycles. The van der Waals surface area contributed by atoms with Crippen molar-refractivity contribution in [2.75, 3.05) is 0 Å². The highest BCUT2D eigenvalue weighted by Crippen LogP contribution is 2.31. The van der Waals surface area contributed by atoms with Gasteiger partial charge in [0, 0.05) is 24.5 Å². The fraction of sp³-hybridized carbons (Fsp3) is 0.900. The predicted octanol–water partition coefficient (Wildman–Crippen LogP) is 1.04. The van der Waals surface area contributed by atoms with Crippen LogP contribution in [0, 0.1) is 0 Å². The minimum absolute atomic E-state index is 0.0401. The molecule has 1 rings (SSSR count). The summed E-state index contributed by atoms with van der Waals surface area (Å²) < 4.78 is 0. The van der Waals surface area contributed by atoms with E-state index in [4.69, 9.17) is 0 Å². The lowest BCUT2D eigenvalue weighted by molar-refractivity contribution is -0.122. The van der Waals surface area contributed by atoms with Crippen LogP contribution in [0.25, 0.3) is 0 Å². The maximum absolute atomic E-state index is 10.8. The molecule has 0 aliphatic heterocycles. The van der Waals surface area contributed by atoms with Crippen LogP contribution in [0.5, 0.6) is 0 Å². The van der Waals surface area contributed by atoms with Crippen molar-refractivity contribution in [1.82, 2.24) is 10.6 Å². The molecule has 0 aromatic heterocycles. The number of carbonyl (C=O) groups is 1. The summed E-state index contributed by atoms with van der Waals surface area (Å²) >= 11 is 0. The Kier molecular flexibility index (Phi) is 2.96. The van der Waals surface area contributed by atoms with Crippen molar-refractivity contribution < 1.29 is 4.79 Å². The molecule has 0 aromatic rings. The Hall–Kier alpha value is -0.570. The van der Waals surface area contributed by atoms with E-state index < -0.39 is 0 Å². The predicted molar refractivity (Wildman–Crippen MR) is 53.5 cm³/mol. The molecular formula is C10H20N2O. The van der Waals surface area contributed by atoms with Gasteiger partial charge in [-0.25, -0.2) is 0 Å². The molecule has 0 aromatic carbocycles.